The largest absolute Gasteiger partial charge is 0.317 e. The molecule has 126 valence electrons. The van der Waals surface area contributed by atoms with E-state index in [1.807, 2.05) is 37.3 Å². The van der Waals surface area contributed by atoms with Gasteiger partial charge in [0.25, 0.3) is 0 Å². The van der Waals surface area contributed by atoms with Crippen LogP contribution in [-0.2, 0) is 12.8 Å². The number of rotatable bonds is 5. The van der Waals surface area contributed by atoms with Crippen molar-refractivity contribution in [3.8, 4) is 0 Å². The molecule has 1 N–H and O–H groups in total. The van der Waals surface area contributed by atoms with Gasteiger partial charge in [0.1, 0.15) is 5.82 Å². The molecule has 1 fully saturated rings. The Morgan fingerprint density at radius 3 is 2.79 bits per heavy atom. The van der Waals surface area contributed by atoms with E-state index in [4.69, 9.17) is 4.98 Å². The summed E-state index contributed by atoms with van der Waals surface area (Å²) >= 11 is 0. The second-order valence-electron chi connectivity index (χ2n) is 6.40. The summed E-state index contributed by atoms with van der Waals surface area (Å²) in [4.78, 5) is 4.77. The van der Waals surface area contributed by atoms with Gasteiger partial charge in [-0.05, 0) is 74.2 Å². The Morgan fingerprint density at radius 1 is 1.21 bits per heavy atom. The van der Waals surface area contributed by atoms with E-state index >= 15 is 0 Å². The molecule has 3 rings (SSSR count). The standard InChI is InChI=1S/C21H25FN2/c1-2-16-9-10-17(20(22)15-16)5-3-6-19-7-4-8-21(24-19)18-11-13-23-14-12-18/h3-4,6-10,15,18,23H,2,5,11-14H2,1H3/b6-3+. The number of piperidine rings is 1. The summed E-state index contributed by atoms with van der Waals surface area (Å²) < 4.78 is 14.0. The fourth-order valence-corrected chi connectivity index (χ4v) is 3.19. The molecule has 0 unspecified atom stereocenters. The van der Waals surface area contributed by atoms with E-state index in [1.165, 1.54) is 5.69 Å². The number of aryl methyl sites for hydroxylation is 1. The number of allylic oxidation sites excluding steroid dienone is 1. The first-order valence-corrected chi connectivity index (χ1v) is 8.87. The highest BCUT2D eigenvalue weighted by Gasteiger charge is 2.16. The molecule has 0 saturated carbocycles. The van der Waals surface area contributed by atoms with Gasteiger partial charge in [-0.15, -0.1) is 0 Å². The second-order valence-corrected chi connectivity index (χ2v) is 6.40. The van der Waals surface area contributed by atoms with Gasteiger partial charge in [0.05, 0.1) is 5.69 Å². The molecule has 1 aliphatic heterocycles. The lowest BCUT2D eigenvalue weighted by atomic mass is 9.94. The van der Waals surface area contributed by atoms with Crippen LogP contribution in [0.15, 0.2) is 42.5 Å². The van der Waals surface area contributed by atoms with Gasteiger partial charge < -0.3 is 5.32 Å². The average molecular weight is 324 g/mol. The first-order chi connectivity index (χ1) is 11.8. The Kier molecular flexibility index (Phi) is 5.76. The molecule has 24 heavy (non-hydrogen) atoms. The SMILES string of the molecule is CCc1ccc(C/C=C/c2cccc(C3CCNCC3)n2)c(F)c1. The van der Waals surface area contributed by atoms with Crippen LogP contribution < -0.4 is 5.32 Å². The van der Waals surface area contributed by atoms with E-state index < -0.39 is 0 Å². The minimum absolute atomic E-state index is 0.115. The number of nitrogens with zero attached hydrogens (tertiary/aromatic N) is 1. The lowest BCUT2D eigenvalue weighted by molar-refractivity contribution is 0.453. The monoisotopic (exact) mass is 324 g/mol. The van der Waals surface area contributed by atoms with Crippen molar-refractivity contribution in [1.82, 2.24) is 10.3 Å². The molecule has 2 aromatic rings. The summed E-state index contributed by atoms with van der Waals surface area (Å²) in [6.45, 7) is 4.17. The Morgan fingerprint density at radius 2 is 2.04 bits per heavy atom. The van der Waals surface area contributed by atoms with Crippen LogP contribution in [0.25, 0.3) is 6.08 Å². The van der Waals surface area contributed by atoms with E-state index in [2.05, 4.69) is 17.4 Å². The lowest BCUT2D eigenvalue weighted by Crippen LogP contribution is -2.27. The van der Waals surface area contributed by atoms with Gasteiger partial charge >= 0.3 is 0 Å². The van der Waals surface area contributed by atoms with Crippen molar-refractivity contribution in [2.24, 2.45) is 0 Å². The minimum atomic E-state index is -0.115. The van der Waals surface area contributed by atoms with Crippen molar-refractivity contribution in [1.29, 1.82) is 0 Å². The van der Waals surface area contributed by atoms with Crippen LogP contribution in [0.3, 0.4) is 0 Å². The molecular formula is C21H25FN2. The highest BCUT2D eigenvalue weighted by molar-refractivity contribution is 5.46. The van der Waals surface area contributed by atoms with Gasteiger partial charge in [0, 0.05) is 11.6 Å². The minimum Gasteiger partial charge on any atom is -0.317 e. The molecule has 2 heterocycles. The molecule has 1 aromatic carbocycles. The smallest absolute Gasteiger partial charge is 0.126 e. The molecule has 0 atom stereocenters. The summed E-state index contributed by atoms with van der Waals surface area (Å²) in [5, 5.41) is 3.39. The van der Waals surface area contributed by atoms with Gasteiger partial charge in [-0.25, -0.2) is 4.39 Å². The zero-order valence-electron chi connectivity index (χ0n) is 14.3. The highest BCUT2D eigenvalue weighted by atomic mass is 19.1. The number of nitrogens with one attached hydrogen (secondary N) is 1. The summed E-state index contributed by atoms with van der Waals surface area (Å²) in [6, 6.07) is 11.7. The van der Waals surface area contributed by atoms with Crippen molar-refractivity contribution in [2.45, 2.75) is 38.5 Å². The van der Waals surface area contributed by atoms with Gasteiger partial charge in [-0.2, -0.15) is 0 Å². The summed E-state index contributed by atoms with van der Waals surface area (Å²) in [5.74, 6) is 0.439. The van der Waals surface area contributed by atoms with Crippen molar-refractivity contribution in [3.63, 3.8) is 0 Å². The summed E-state index contributed by atoms with van der Waals surface area (Å²) in [7, 11) is 0. The van der Waals surface area contributed by atoms with Crippen molar-refractivity contribution in [2.75, 3.05) is 13.1 Å². The van der Waals surface area contributed by atoms with E-state index in [1.54, 1.807) is 6.07 Å². The van der Waals surface area contributed by atoms with Crippen LogP contribution in [-0.4, -0.2) is 18.1 Å². The number of aromatic nitrogens is 1. The van der Waals surface area contributed by atoms with Crippen LogP contribution in [0.1, 0.15) is 48.2 Å². The Labute approximate surface area is 143 Å². The molecule has 1 saturated heterocycles. The van der Waals surface area contributed by atoms with Gasteiger partial charge in [-0.3, -0.25) is 4.98 Å². The molecule has 1 aromatic heterocycles. The van der Waals surface area contributed by atoms with E-state index in [0.29, 0.717) is 12.3 Å². The summed E-state index contributed by atoms with van der Waals surface area (Å²) in [6.07, 6.45) is 7.75. The zero-order valence-corrected chi connectivity index (χ0v) is 14.3. The topological polar surface area (TPSA) is 24.9 Å². The van der Waals surface area contributed by atoms with Crippen molar-refractivity contribution in [3.05, 3.63) is 70.8 Å². The van der Waals surface area contributed by atoms with Crippen molar-refractivity contribution < 1.29 is 4.39 Å². The first-order valence-electron chi connectivity index (χ1n) is 8.87. The van der Waals surface area contributed by atoms with Crippen molar-refractivity contribution >= 4 is 6.08 Å². The second kappa shape index (κ2) is 8.20. The predicted molar refractivity (Wildman–Crippen MR) is 97.6 cm³/mol. The molecule has 1 aliphatic rings. The molecule has 0 bridgehead atoms. The number of hydrogen-bond acceptors (Lipinski definition) is 2. The maximum atomic E-state index is 14.0. The van der Waals surface area contributed by atoms with E-state index in [9.17, 15) is 4.39 Å². The van der Waals surface area contributed by atoms with Crippen LogP contribution in [0.2, 0.25) is 0 Å². The molecule has 0 radical (unpaired) electrons. The fourth-order valence-electron chi connectivity index (χ4n) is 3.19. The normalized spacial score (nSPS) is 15.9. The lowest BCUT2D eigenvalue weighted by Gasteiger charge is -2.22. The zero-order chi connectivity index (χ0) is 16.8. The Bertz CT molecular complexity index is 703. The quantitative estimate of drug-likeness (QED) is 0.875. The molecule has 2 nitrogen and oxygen atoms in total. The number of pyridine rings is 1. The molecule has 0 aliphatic carbocycles. The summed E-state index contributed by atoms with van der Waals surface area (Å²) in [5.41, 5.74) is 3.91. The van der Waals surface area contributed by atoms with Crippen LogP contribution in [0.5, 0.6) is 0 Å². The first kappa shape index (κ1) is 16.8. The predicted octanol–water partition coefficient (Wildman–Crippen LogP) is 4.51. The number of halogens is 1. The maximum absolute atomic E-state index is 14.0. The third-order valence-corrected chi connectivity index (χ3v) is 4.70. The van der Waals surface area contributed by atoms with E-state index in [-0.39, 0.29) is 5.82 Å². The van der Waals surface area contributed by atoms with Crippen LogP contribution in [0, 0.1) is 5.82 Å². The van der Waals surface area contributed by atoms with E-state index in [0.717, 1.165) is 49.2 Å². The Balaban J connectivity index is 1.66. The molecule has 0 amide bonds. The van der Waals surface area contributed by atoms with Gasteiger partial charge in [0.15, 0.2) is 0 Å². The van der Waals surface area contributed by atoms with Crippen LogP contribution in [0.4, 0.5) is 4.39 Å². The molecule has 3 heteroatoms. The molecular weight excluding hydrogens is 299 g/mol. The van der Waals surface area contributed by atoms with Gasteiger partial charge in [-0.1, -0.05) is 31.2 Å². The number of benzene rings is 1. The Hall–Kier alpha value is -2.00. The van der Waals surface area contributed by atoms with Gasteiger partial charge in [0.2, 0.25) is 0 Å². The number of hydrogen-bond donors (Lipinski definition) is 1. The van der Waals surface area contributed by atoms with Crippen LogP contribution >= 0.6 is 0 Å². The third-order valence-electron chi connectivity index (χ3n) is 4.70. The molecule has 0 spiro atoms. The average Bonchev–Trinajstić information content (AvgIpc) is 2.64. The third kappa shape index (κ3) is 4.30. The fraction of sp³-hybridized carbons (Fsp3) is 0.381. The maximum Gasteiger partial charge on any atom is 0.126 e. The highest BCUT2D eigenvalue weighted by Crippen LogP contribution is 2.23.